The maximum atomic E-state index is 11.7. The molecule has 0 amide bonds. The summed E-state index contributed by atoms with van der Waals surface area (Å²) in [7, 11) is 0. The largest absolute Gasteiger partial charge is 0.306 e. The van der Waals surface area contributed by atoms with E-state index in [9.17, 15) is 4.79 Å². The molecular formula is C12H12BrClN2OS. The van der Waals surface area contributed by atoms with E-state index in [1.165, 1.54) is 17.4 Å². The van der Waals surface area contributed by atoms with Crippen LogP contribution in [-0.2, 0) is 5.41 Å². The highest BCUT2D eigenvalue weighted by Gasteiger charge is 2.18. The zero-order valence-electron chi connectivity index (χ0n) is 10.2. The number of nitrogens with one attached hydrogen (secondary N) is 1. The molecule has 0 saturated heterocycles. The Bertz CT molecular complexity index is 623. The predicted octanol–water partition coefficient (Wildman–Crippen LogP) is 4.21. The zero-order valence-corrected chi connectivity index (χ0v) is 13.3. The first-order valence-electron chi connectivity index (χ1n) is 5.34. The van der Waals surface area contributed by atoms with E-state index < -0.39 is 0 Å². The molecule has 2 aromatic rings. The third-order valence-electron chi connectivity index (χ3n) is 2.39. The lowest BCUT2D eigenvalue weighted by Crippen LogP contribution is -2.19. The molecule has 6 heteroatoms. The Hall–Kier alpha value is -0.650. The number of aromatic amines is 1. The minimum atomic E-state index is -0.165. The van der Waals surface area contributed by atoms with Crippen LogP contribution < -0.4 is 5.56 Å². The first kappa shape index (κ1) is 13.8. The van der Waals surface area contributed by atoms with Crippen LogP contribution in [0.5, 0.6) is 0 Å². The number of hydrogen-bond acceptors (Lipinski definition) is 3. The van der Waals surface area contributed by atoms with Gasteiger partial charge < -0.3 is 4.98 Å². The Morgan fingerprint density at radius 3 is 2.56 bits per heavy atom. The Morgan fingerprint density at radius 2 is 2.06 bits per heavy atom. The average Bonchev–Trinajstić information content (AvgIpc) is 2.57. The van der Waals surface area contributed by atoms with Crippen molar-refractivity contribution in [1.29, 1.82) is 0 Å². The van der Waals surface area contributed by atoms with Crippen LogP contribution in [-0.4, -0.2) is 9.97 Å². The fourth-order valence-corrected chi connectivity index (χ4v) is 3.07. The van der Waals surface area contributed by atoms with Crippen LogP contribution in [0.15, 0.2) is 21.4 Å². The molecule has 2 rings (SSSR count). The summed E-state index contributed by atoms with van der Waals surface area (Å²) in [5.41, 5.74) is 0.453. The predicted molar refractivity (Wildman–Crippen MR) is 79.6 cm³/mol. The highest BCUT2D eigenvalue weighted by molar-refractivity contribution is 9.10. The van der Waals surface area contributed by atoms with Crippen molar-refractivity contribution in [3.63, 3.8) is 0 Å². The minimum absolute atomic E-state index is 0.148. The molecule has 2 heterocycles. The van der Waals surface area contributed by atoms with Crippen molar-refractivity contribution in [2.75, 3.05) is 0 Å². The zero-order chi connectivity index (χ0) is 13.5. The van der Waals surface area contributed by atoms with Gasteiger partial charge in [-0.15, -0.1) is 11.3 Å². The maximum absolute atomic E-state index is 11.7. The number of halogens is 2. The van der Waals surface area contributed by atoms with Gasteiger partial charge in [-0.3, -0.25) is 4.79 Å². The normalized spacial score (nSPS) is 11.8. The molecular weight excluding hydrogens is 336 g/mol. The van der Waals surface area contributed by atoms with E-state index >= 15 is 0 Å². The van der Waals surface area contributed by atoms with E-state index in [1.807, 2.05) is 26.8 Å². The Morgan fingerprint density at radius 1 is 1.39 bits per heavy atom. The van der Waals surface area contributed by atoms with E-state index in [1.54, 1.807) is 0 Å². The molecule has 0 aliphatic heterocycles. The molecule has 0 spiro atoms. The molecule has 3 nitrogen and oxygen atoms in total. The van der Waals surface area contributed by atoms with Gasteiger partial charge in [0.05, 0.1) is 10.6 Å². The number of thiophene rings is 1. The summed E-state index contributed by atoms with van der Waals surface area (Å²) in [6.45, 7) is 6.07. The smallest absolute Gasteiger partial charge is 0.251 e. The summed E-state index contributed by atoms with van der Waals surface area (Å²) in [4.78, 5) is 19.8. The first-order chi connectivity index (χ1) is 8.27. The standard InChI is InChI=1S/C12H12BrClN2OS/c1-12(2,3)8-5-9(17)16-11(15-8)7-4-6(13)10(14)18-7/h4-5H,1-3H3,(H,15,16,17). The van der Waals surface area contributed by atoms with Gasteiger partial charge in [-0.25, -0.2) is 4.98 Å². The number of rotatable bonds is 1. The van der Waals surface area contributed by atoms with Crippen LogP contribution in [0.1, 0.15) is 26.5 Å². The molecule has 0 unspecified atom stereocenters. The number of nitrogens with zero attached hydrogens (tertiary/aromatic N) is 1. The lowest BCUT2D eigenvalue weighted by Gasteiger charge is -2.17. The monoisotopic (exact) mass is 346 g/mol. The van der Waals surface area contributed by atoms with E-state index in [0.29, 0.717) is 10.2 Å². The second-order valence-electron chi connectivity index (χ2n) is 4.96. The van der Waals surface area contributed by atoms with Crippen LogP contribution in [0.2, 0.25) is 4.34 Å². The van der Waals surface area contributed by atoms with Crippen LogP contribution in [0.4, 0.5) is 0 Å². The van der Waals surface area contributed by atoms with E-state index in [0.717, 1.165) is 15.0 Å². The average molecular weight is 348 g/mol. The summed E-state index contributed by atoms with van der Waals surface area (Å²) in [5, 5.41) is 0. The van der Waals surface area contributed by atoms with E-state index in [2.05, 4.69) is 25.9 Å². The van der Waals surface area contributed by atoms with Crippen molar-refractivity contribution < 1.29 is 0 Å². The fourth-order valence-electron chi connectivity index (χ4n) is 1.42. The van der Waals surface area contributed by atoms with Crippen LogP contribution in [0, 0.1) is 0 Å². The molecule has 96 valence electrons. The molecule has 0 bridgehead atoms. The van der Waals surface area contributed by atoms with Gasteiger partial charge >= 0.3 is 0 Å². The van der Waals surface area contributed by atoms with Gasteiger partial charge in [-0.1, -0.05) is 32.4 Å². The number of H-pyrrole nitrogens is 1. The van der Waals surface area contributed by atoms with Crippen LogP contribution in [0.3, 0.4) is 0 Å². The quantitative estimate of drug-likeness (QED) is 0.840. The SMILES string of the molecule is CC(C)(C)c1cc(=O)[nH]c(-c2cc(Br)c(Cl)s2)n1. The van der Waals surface area contributed by atoms with Gasteiger partial charge in [0.1, 0.15) is 4.34 Å². The Labute approximate surface area is 122 Å². The molecule has 0 saturated carbocycles. The second-order valence-corrected chi connectivity index (χ2v) is 7.47. The molecule has 2 aromatic heterocycles. The molecule has 0 radical (unpaired) electrons. The van der Waals surface area contributed by atoms with Crippen molar-refractivity contribution in [3.05, 3.63) is 37.0 Å². The lowest BCUT2D eigenvalue weighted by atomic mass is 9.92. The molecule has 0 aliphatic carbocycles. The van der Waals surface area contributed by atoms with Gasteiger partial charge in [-0.05, 0) is 22.0 Å². The maximum Gasteiger partial charge on any atom is 0.251 e. The summed E-state index contributed by atoms with van der Waals surface area (Å²) < 4.78 is 1.46. The fraction of sp³-hybridized carbons (Fsp3) is 0.333. The highest BCUT2D eigenvalue weighted by Crippen LogP contribution is 2.36. The van der Waals surface area contributed by atoms with E-state index in [-0.39, 0.29) is 11.0 Å². The Kier molecular flexibility index (Phi) is 3.67. The van der Waals surface area contributed by atoms with Crippen molar-refractivity contribution in [1.82, 2.24) is 9.97 Å². The summed E-state index contributed by atoms with van der Waals surface area (Å²) in [6, 6.07) is 3.39. The van der Waals surface area contributed by atoms with Crippen LogP contribution >= 0.6 is 38.9 Å². The third kappa shape index (κ3) is 2.84. The van der Waals surface area contributed by atoms with E-state index in [4.69, 9.17) is 11.6 Å². The Balaban J connectivity index is 2.59. The van der Waals surface area contributed by atoms with Gasteiger partial charge in [0.25, 0.3) is 5.56 Å². The molecule has 18 heavy (non-hydrogen) atoms. The number of hydrogen-bond donors (Lipinski definition) is 1. The second kappa shape index (κ2) is 4.79. The van der Waals surface area contributed by atoms with Gasteiger partial charge in [0.2, 0.25) is 0 Å². The van der Waals surface area contributed by atoms with Gasteiger partial charge in [0, 0.05) is 16.0 Å². The lowest BCUT2D eigenvalue weighted by molar-refractivity contribution is 0.566. The molecule has 1 N–H and O–H groups in total. The van der Waals surface area contributed by atoms with Crippen molar-refractivity contribution in [2.24, 2.45) is 0 Å². The minimum Gasteiger partial charge on any atom is -0.306 e. The van der Waals surface area contributed by atoms with Gasteiger partial charge in [0.15, 0.2) is 5.82 Å². The first-order valence-corrected chi connectivity index (χ1v) is 7.33. The molecule has 0 atom stereocenters. The van der Waals surface area contributed by atoms with Crippen molar-refractivity contribution in [3.8, 4) is 10.7 Å². The summed E-state index contributed by atoms with van der Waals surface area (Å²) >= 11 is 10.7. The molecule has 0 fully saturated rings. The topological polar surface area (TPSA) is 45.8 Å². The summed E-state index contributed by atoms with van der Waals surface area (Å²) in [5.74, 6) is 0.560. The highest BCUT2D eigenvalue weighted by atomic mass is 79.9. The van der Waals surface area contributed by atoms with Crippen molar-refractivity contribution in [2.45, 2.75) is 26.2 Å². The molecule has 0 aliphatic rings. The number of aromatic nitrogens is 2. The van der Waals surface area contributed by atoms with Crippen molar-refractivity contribution >= 4 is 38.9 Å². The molecule has 0 aromatic carbocycles. The summed E-state index contributed by atoms with van der Waals surface area (Å²) in [6.07, 6.45) is 0. The van der Waals surface area contributed by atoms with Crippen LogP contribution in [0.25, 0.3) is 10.7 Å². The third-order valence-corrected chi connectivity index (χ3v) is 4.87. The van der Waals surface area contributed by atoms with Gasteiger partial charge in [-0.2, -0.15) is 0 Å².